The SMILES string of the molecule is CCc1cccc(NC(N)=NCc2scnc2C)c1. The third-order valence-corrected chi connectivity index (χ3v) is 3.77. The Morgan fingerprint density at radius 3 is 3.00 bits per heavy atom. The van der Waals surface area contributed by atoms with Crippen LogP contribution in [0.15, 0.2) is 34.8 Å². The number of hydrogen-bond acceptors (Lipinski definition) is 3. The van der Waals surface area contributed by atoms with E-state index in [4.69, 9.17) is 5.73 Å². The van der Waals surface area contributed by atoms with Crippen molar-refractivity contribution in [3.8, 4) is 0 Å². The molecule has 0 aliphatic carbocycles. The monoisotopic (exact) mass is 274 g/mol. The van der Waals surface area contributed by atoms with Gasteiger partial charge in [-0.2, -0.15) is 0 Å². The maximum Gasteiger partial charge on any atom is 0.193 e. The van der Waals surface area contributed by atoms with Crippen LogP contribution in [0.4, 0.5) is 5.69 Å². The summed E-state index contributed by atoms with van der Waals surface area (Å²) in [4.78, 5) is 9.67. The Balaban J connectivity index is 2.00. The number of hydrogen-bond donors (Lipinski definition) is 2. The van der Waals surface area contributed by atoms with Crippen LogP contribution >= 0.6 is 11.3 Å². The number of anilines is 1. The number of benzene rings is 1. The lowest BCUT2D eigenvalue weighted by atomic mass is 10.1. The average molecular weight is 274 g/mol. The first-order valence-electron chi connectivity index (χ1n) is 6.24. The quantitative estimate of drug-likeness (QED) is 0.665. The molecule has 0 radical (unpaired) electrons. The number of nitrogens with one attached hydrogen (secondary N) is 1. The van der Waals surface area contributed by atoms with E-state index in [1.54, 1.807) is 11.3 Å². The predicted molar refractivity (Wildman–Crippen MR) is 81.6 cm³/mol. The maximum absolute atomic E-state index is 5.89. The summed E-state index contributed by atoms with van der Waals surface area (Å²) in [6.07, 6.45) is 1.01. The van der Waals surface area contributed by atoms with E-state index in [1.165, 1.54) is 5.56 Å². The molecular formula is C14H18N4S. The molecule has 3 N–H and O–H groups in total. The van der Waals surface area contributed by atoms with Crippen LogP contribution in [0.3, 0.4) is 0 Å². The van der Waals surface area contributed by atoms with E-state index in [0.29, 0.717) is 12.5 Å². The summed E-state index contributed by atoms with van der Waals surface area (Å²) in [7, 11) is 0. The number of nitrogens with two attached hydrogens (primary N) is 1. The Hall–Kier alpha value is -1.88. The van der Waals surface area contributed by atoms with E-state index in [1.807, 2.05) is 24.6 Å². The zero-order chi connectivity index (χ0) is 13.7. The molecule has 2 rings (SSSR count). The fourth-order valence-corrected chi connectivity index (χ4v) is 2.39. The average Bonchev–Trinajstić information content (AvgIpc) is 2.82. The highest BCUT2D eigenvalue weighted by molar-refractivity contribution is 7.09. The minimum Gasteiger partial charge on any atom is -0.370 e. The first-order chi connectivity index (χ1) is 9.19. The molecule has 0 bridgehead atoms. The first kappa shape index (κ1) is 13.5. The molecule has 1 aromatic heterocycles. The molecule has 100 valence electrons. The van der Waals surface area contributed by atoms with Gasteiger partial charge in [-0.25, -0.2) is 9.98 Å². The highest BCUT2D eigenvalue weighted by Crippen LogP contribution is 2.14. The van der Waals surface area contributed by atoms with Crippen molar-refractivity contribution >= 4 is 23.0 Å². The normalized spacial score (nSPS) is 11.6. The summed E-state index contributed by atoms with van der Waals surface area (Å²) in [6, 6.07) is 8.18. The highest BCUT2D eigenvalue weighted by atomic mass is 32.1. The molecule has 0 aliphatic heterocycles. The number of nitrogens with zero attached hydrogens (tertiary/aromatic N) is 2. The van der Waals surface area contributed by atoms with E-state index in [9.17, 15) is 0 Å². The van der Waals surface area contributed by atoms with Crippen molar-refractivity contribution in [2.45, 2.75) is 26.8 Å². The van der Waals surface area contributed by atoms with Crippen molar-refractivity contribution in [2.24, 2.45) is 10.7 Å². The van der Waals surface area contributed by atoms with Crippen LogP contribution in [-0.2, 0) is 13.0 Å². The van der Waals surface area contributed by atoms with Crippen LogP contribution in [0, 0.1) is 6.92 Å². The number of rotatable bonds is 4. The van der Waals surface area contributed by atoms with Gasteiger partial charge in [0.25, 0.3) is 0 Å². The van der Waals surface area contributed by atoms with Gasteiger partial charge in [0.05, 0.1) is 17.7 Å². The molecule has 0 spiro atoms. The molecule has 0 saturated carbocycles. The van der Waals surface area contributed by atoms with E-state index in [-0.39, 0.29) is 0 Å². The van der Waals surface area contributed by atoms with Crippen molar-refractivity contribution in [2.75, 3.05) is 5.32 Å². The molecule has 19 heavy (non-hydrogen) atoms. The summed E-state index contributed by atoms with van der Waals surface area (Å²) in [6.45, 7) is 4.68. The number of guanidine groups is 1. The fraction of sp³-hybridized carbons (Fsp3) is 0.286. The van der Waals surface area contributed by atoms with Gasteiger partial charge < -0.3 is 11.1 Å². The van der Waals surface area contributed by atoms with Crippen LogP contribution in [0.1, 0.15) is 23.1 Å². The second-order valence-corrected chi connectivity index (χ2v) is 5.18. The Bertz CT molecular complexity index is 574. The lowest BCUT2D eigenvalue weighted by molar-refractivity contribution is 1.05. The summed E-state index contributed by atoms with van der Waals surface area (Å²) < 4.78 is 0. The fourth-order valence-electron chi connectivity index (χ4n) is 1.69. The summed E-state index contributed by atoms with van der Waals surface area (Å²) in [5.41, 5.74) is 11.0. The molecule has 0 aliphatic rings. The number of thiazole rings is 1. The van der Waals surface area contributed by atoms with Gasteiger partial charge >= 0.3 is 0 Å². The molecule has 5 heteroatoms. The molecule has 0 fully saturated rings. The van der Waals surface area contributed by atoms with Gasteiger partial charge in [0.15, 0.2) is 5.96 Å². The van der Waals surface area contributed by atoms with E-state index < -0.39 is 0 Å². The second-order valence-electron chi connectivity index (χ2n) is 4.24. The van der Waals surface area contributed by atoms with Gasteiger partial charge in [-0.05, 0) is 31.0 Å². The largest absolute Gasteiger partial charge is 0.370 e. The van der Waals surface area contributed by atoms with Crippen molar-refractivity contribution in [3.63, 3.8) is 0 Å². The highest BCUT2D eigenvalue weighted by Gasteiger charge is 2.01. The third kappa shape index (κ3) is 3.79. The van der Waals surface area contributed by atoms with Gasteiger partial charge in [-0.1, -0.05) is 19.1 Å². The summed E-state index contributed by atoms with van der Waals surface area (Å²) in [5, 5.41) is 3.11. The molecule has 0 amide bonds. The van der Waals surface area contributed by atoms with Crippen LogP contribution in [0.5, 0.6) is 0 Å². The zero-order valence-electron chi connectivity index (χ0n) is 11.2. The molecule has 0 atom stereocenters. The van der Waals surface area contributed by atoms with Crippen LogP contribution < -0.4 is 11.1 Å². The van der Waals surface area contributed by atoms with Gasteiger partial charge in [0.1, 0.15) is 0 Å². The number of aromatic nitrogens is 1. The van der Waals surface area contributed by atoms with Gasteiger partial charge in [-0.3, -0.25) is 0 Å². The van der Waals surface area contributed by atoms with Crippen molar-refractivity contribution in [3.05, 3.63) is 45.9 Å². The Labute approximate surface area is 117 Å². The van der Waals surface area contributed by atoms with E-state index in [0.717, 1.165) is 22.7 Å². The number of aliphatic imine (C=N–C) groups is 1. The molecule has 4 nitrogen and oxygen atoms in total. The minimum absolute atomic E-state index is 0.432. The standard InChI is InChI=1S/C14H18N4S/c1-3-11-5-4-6-12(7-11)18-14(15)16-8-13-10(2)17-9-19-13/h4-7,9H,3,8H2,1-2H3,(H3,15,16,18). The lowest BCUT2D eigenvalue weighted by Crippen LogP contribution is -2.22. The van der Waals surface area contributed by atoms with E-state index >= 15 is 0 Å². The summed E-state index contributed by atoms with van der Waals surface area (Å²) >= 11 is 1.60. The van der Waals surface area contributed by atoms with E-state index in [2.05, 4.69) is 34.3 Å². The van der Waals surface area contributed by atoms with Gasteiger partial charge in [0.2, 0.25) is 0 Å². The van der Waals surface area contributed by atoms with Crippen molar-refractivity contribution < 1.29 is 0 Å². The third-order valence-electron chi connectivity index (χ3n) is 2.85. The summed E-state index contributed by atoms with van der Waals surface area (Å²) in [5.74, 6) is 0.432. The molecule has 0 saturated heterocycles. The predicted octanol–water partition coefficient (Wildman–Crippen LogP) is 2.94. The van der Waals surface area contributed by atoms with Gasteiger partial charge in [-0.15, -0.1) is 11.3 Å². The molecule has 1 heterocycles. The van der Waals surface area contributed by atoms with Crippen LogP contribution in [0.25, 0.3) is 0 Å². The van der Waals surface area contributed by atoms with Gasteiger partial charge in [0, 0.05) is 10.6 Å². The topological polar surface area (TPSA) is 63.3 Å². The smallest absolute Gasteiger partial charge is 0.193 e. The minimum atomic E-state index is 0.432. The van der Waals surface area contributed by atoms with Crippen LogP contribution in [0.2, 0.25) is 0 Å². The molecular weight excluding hydrogens is 256 g/mol. The zero-order valence-corrected chi connectivity index (χ0v) is 12.0. The Kier molecular flexibility index (Phi) is 4.52. The van der Waals surface area contributed by atoms with Crippen molar-refractivity contribution in [1.29, 1.82) is 0 Å². The first-order valence-corrected chi connectivity index (χ1v) is 7.12. The molecule has 0 unspecified atom stereocenters. The molecule has 1 aromatic carbocycles. The second kappa shape index (κ2) is 6.33. The Morgan fingerprint density at radius 2 is 2.32 bits per heavy atom. The number of aryl methyl sites for hydroxylation is 2. The Morgan fingerprint density at radius 1 is 1.47 bits per heavy atom. The lowest BCUT2D eigenvalue weighted by Gasteiger charge is -2.06. The molecule has 2 aromatic rings. The maximum atomic E-state index is 5.89. The van der Waals surface area contributed by atoms with Crippen LogP contribution in [-0.4, -0.2) is 10.9 Å². The van der Waals surface area contributed by atoms with Crippen molar-refractivity contribution in [1.82, 2.24) is 4.98 Å².